The van der Waals surface area contributed by atoms with Crippen molar-refractivity contribution in [1.29, 1.82) is 0 Å². The van der Waals surface area contributed by atoms with E-state index in [2.05, 4.69) is 9.68 Å². The third-order valence-corrected chi connectivity index (χ3v) is 2.47. The van der Waals surface area contributed by atoms with Gasteiger partial charge in [0, 0.05) is 18.2 Å². The summed E-state index contributed by atoms with van der Waals surface area (Å²) >= 11 is 0. The van der Waals surface area contributed by atoms with E-state index in [1.165, 1.54) is 11.2 Å². The summed E-state index contributed by atoms with van der Waals surface area (Å²) in [5.41, 5.74) is -0.0701. The zero-order chi connectivity index (χ0) is 13.1. The van der Waals surface area contributed by atoms with Crippen LogP contribution in [0.3, 0.4) is 0 Å². The minimum Gasteiger partial charge on any atom is -0.465 e. The highest BCUT2D eigenvalue weighted by molar-refractivity contribution is 5.65. The Hall–Kier alpha value is -1.56. The lowest BCUT2D eigenvalue weighted by atomic mass is 10.1. The SMILES string of the molecule is CC(C)(C)N(CC[C@@H](O)c1ccon1)C(=O)O. The third-order valence-electron chi connectivity index (χ3n) is 2.47. The van der Waals surface area contributed by atoms with E-state index in [-0.39, 0.29) is 13.0 Å². The van der Waals surface area contributed by atoms with Crippen molar-refractivity contribution in [2.75, 3.05) is 6.54 Å². The van der Waals surface area contributed by atoms with Gasteiger partial charge in [-0.25, -0.2) is 4.79 Å². The first-order chi connectivity index (χ1) is 7.82. The number of amides is 1. The van der Waals surface area contributed by atoms with Crippen molar-refractivity contribution in [2.45, 2.75) is 38.8 Å². The van der Waals surface area contributed by atoms with Crippen LogP contribution in [0.2, 0.25) is 0 Å². The molecule has 0 aliphatic rings. The number of carboxylic acid groups (broad SMARTS) is 1. The lowest BCUT2D eigenvalue weighted by molar-refractivity contribution is 0.0804. The predicted molar refractivity (Wildman–Crippen MR) is 60.6 cm³/mol. The van der Waals surface area contributed by atoms with Crippen molar-refractivity contribution < 1.29 is 19.5 Å². The van der Waals surface area contributed by atoms with Crippen LogP contribution < -0.4 is 0 Å². The number of carbonyl (C=O) groups is 1. The van der Waals surface area contributed by atoms with E-state index in [9.17, 15) is 9.90 Å². The number of rotatable bonds is 4. The number of hydrogen-bond donors (Lipinski definition) is 2. The lowest BCUT2D eigenvalue weighted by Crippen LogP contribution is -2.45. The Morgan fingerprint density at radius 3 is 2.65 bits per heavy atom. The van der Waals surface area contributed by atoms with Crippen LogP contribution in [-0.4, -0.2) is 38.4 Å². The van der Waals surface area contributed by atoms with Crippen molar-refractivity contribution >= 4 is 6.09 Å². The highest BCUT2D eigenvalue weighted by Crippen LogP contribution is 2.19. The van der Waals surface area contributed by atoms with Crippen LogP contribution in [0.15, 0.2) is 16.9 Å². The van der Waals surface area contributed by atoms with Crippen LogP contribution >= 0.6 is 0 Å². The van der Waals surface area contributed by atoms with Gasteiger partial charge in [-0.2, -0.15) is 0 Å². The molecule has 0 bridgehead atoms. The predicted octanol–water partition coefficient (Wildman–Crippen LogP) is 1.88. The van der Waals surface area contributed by atoms with Crippen molar-refractivity contribution in [3.8, 4) is 0 Å². The van der Waals surface area contributed by atoms with Gasteiger partial charge >= 0.3 is 6.09 Å². The number of aliphatic hydroxyl groups is 1. The number of hydrogen-bond acceptors (Lipinski definition) is 4. The van der Waals surface area contributed by atoms with E-state index in [1.807, 2.05) is 20.8 Å². The van der Waals surface area contributed by atoms with Crippen molar-refractivity contribution in [1.82, 2.24) is 10.1 Å². The molecule has 17 heavy (non-hydrogen) atoms. The molecule has 1 amide bonds. The standard InChI is InChI=1S/C11H18N2O4/c1-11(2,3)13(10(15)16)6-4-9(14)8-5-7-17-12-8/h5,7,9,14H,4,6H2,1-3H3,(H,15,16)/t9-/m1/s1. The number of aromatic nitrogens is 1. The number of aliphatic hydroxyl groups excluding tert-OH is 1. The molecule has 1 atom stereocenters. The van der Waals surface area contributed by atoms with Crippen LogP contribution in [0.25, 0.3) is 0 Å². The van der Waals surface area contributed by atoms with E-state index in [1.54, 1.807) is 6.07 Å². The zero-order valence-corrected chi connectivity index (χ0v) is 10.3. The molecule has 0 radical (unpaired) electrons. The molecule has 0 unspecified atom stereocenters. The summed E-state index contributed by atoms with van der Waals surface area (Å²) in [7, 11) is 0. The Morgan fingerprint density at radius 1 is 1.59 bits per heavy atom. The minimum atomic E-state index is -0.996. The van der Waals surface area contributed by atoms with Crippen LogP contribution in [0.4, 0.5) is 4.79 Å². The zero-order valence-electron chi connectivity index (χ0n) is 10.3. The average molecular weight is 242 g/mol. The molecule has 1 rings (SSSR count). The Bertz CT molecular complexity index is 356. The maximum Gasteiger partial charge on any atom is 0.407 e. The fraction of sp³-hybridized carbons (Fsp3) is 0.636. The summed E-state index contributed by atoms with van der Waals surface area (Å²) in [6, 6.07) is 1.56. The Balaban J connectivity index is 2.56. The molecule has 0 aliphatic heterocycles. The second-order valence-corrected chi connectivity index (χ2v) is 4.83. The second-order valence-electron chi connectivity index (χ2n) is 4.83. The molecule has 0 spiro atoms. The third kappa shape index (κ3) is 3.74. The van der Waals surface area contributed by atoms with Gasteiger partial charge in [0.05, 0.1) is 0 Å². The van der Waals surface area contributed by atoms with Gasteiger partial charge in [-0.15, -0.1) is 0 Å². The molecule has 0 aliphatic carbocycles. The largest absolute Gasteiger partial charge is 0.465 e. The van der Waals surface area contributed by atoms with Gasteiger partial charge in [0.2, 0.25) is 0 Å². The van der Waals surface area contributed by atoms with E-state index >= 15 is 0 Å². The molecule has 1 aromatic rings. The van der Waals surface area contributed by atoms with Gasteiger partial charge in [0.25, 0.3) is 0 Å². The molecular formula is C11H18N2O4. The summed E-state index contributed by atoms with van der Waals surface area (Å²) in [4.78, 5) is 12.3. The highest BCUT2D eigenvalue weighted by atomic mass is 16.5. The molecule has 0 fully saturated rings. The summed E-state index contributed by atoms with van der Waals surface area (Å²) in [6.45, 7) is 5.67. The normalized spacial score (nSPS) is 13.4. The van der Waals surface area contributed by atoms with Crippen LogP contribution in [-0.2, 0) is 0 Å². The van der Waals surface area contributed by atoms with Crippen LogP contribution in [0, 0.1) is 0 Å². The molecular weight excluding hydrogens is 224 g/mol. The molecule has 96 valence electrons. The molecule has 2 N–H and O–H groups in total. The summed E-state index contributed by atoms with van der Waals surface area (Å²) < 4.78 is 4.62. The molecule has 6 heteroatoms. The fourth-order valence-electron chi connectivity index (χ4n) is 1.51. The van der Waals surface area contributed by atoms with Gasteiger partial charge in [-0.3, -0.25) is 0 Å². The first kappa shape index (κ1) is 13.5. The lowest BCUT2D eigenvalue weighted by Gasteiger charge is -2.33. The molecule has 6 nitrogen and oxygen atoms in total. The molecule has 0 saturated carbocycles. The van der Waals surface area contributed by atoms with Crippen LogP contribution in [0.5, 0.6) is 0 Å². The van der Waals surface area contributed by atoms with Crippen LogP contribution in [0.1, 0.15) is 39.0 Å². The van der Waals surface area contributed by atoms with Gasteiger partial charge < -0.3 is 19.6 Å². The number of nitrogens with zero attached hydrogens (tertiary/aromatic N) is 2. The van der Waals surface area contributed by atoms with Gasteiger partial charge in [0.1, 0.15) is 18.1 Å². The van der Waals surface area contributed by atoms with Crippen molar-refractivity contribution in [3.63, 3.8) is 0 Å². The maximum absolute atomic E-state index is 11.1. The average Bonchev–Trinajstić information content (AvgIpc) is 2.67. The first-order valence-electron chi connectivity index (χ1n) is 5.41. The molecule has 0 saturated heterocycles. The fourth-order valence-corrected chi connectivity index (χ4v) is 1.51. The van der Waals surface area contributed by atoms with Gasteiger partial charge in [-0.1, -0.05) is 5.16 Å². The second kappa shape index (κ2) is 5.18. The highest BCUT2D eigenvalue weighted by Gasteiger charge is 2.26. The summed E-state index contributed by atoms with van der Waals surface area (Å²) in [6.07, 6.45) is -0.143. The summed E-state index contributed by atoms with van der Waals surface area (Å²) in [5.74, 6) is 0. The molecule has 1 aromatic heterocycles. The molecule has 1 heterocycles. The van der Waals surface area contributed by atoms with Crippen molar-refractivity contribution in [3.05, 3.63) is 18.0 Å². The van der Waals surface area contributed by atoms with E-state index < -0.39 is 17.7 Å². The first-order valence-corrected chi connectivity index (χ1v) is 5.41. The Kier molecular flexibility index (Phi) is 4.11. The van der Waals surface area contributed by atoms with E-state index in [0.29, 0.717) is 5.69 Å². The summed E-state index contributed by atoms with van der Waals surface area (Å²) in [5, 5.41) is 22.4. The van der Waals surface area contributed by atoms with Gasteiger partial charge in [0.15, 0.2) is 0 Å². The topological polar surface area (TPSA) is 86.8 Å². The molecule has 0 aromatic carbocycles. The van der Waals surface area contributed by atoms with Crippen molar-refractivity contribution in [2.24, 2.45) is 0 Å². The van der Waals surface area contributed by atoms with E-state index in [0.717, 1.165) is 0 Å². The maximum atomic E-state index is 11.1. The quantitative estimate of drug-likeness (QED) is 0.841. The van der Waals surface area contributed by atoms with E-state index in [4.69, 9.17) is 5.11 Å². The Morgan fingerprint density at radius 2 is 2.24 bits per heavy atom. The minimum absolute atomic E-state index is 0.243. The van der Waals surface area contributed by atoms with Gasteiger partial charge in [-0.05, 0) is 27.2 Å². The monoisotopic (exact) mass is 242 g/mol. The smallest absolute Gasteiger partial charge is 0.407 e. The Labute approximate surface area is 99.8 Å².